The molecule has 1 atom stereocenters. The third-order valence-electron chi connectivity index (χ3n) is 4.00. The Labute approximate surface area is 149 Å². The summed E-state index contributed by atoms with van der Waals surface area (Å²) in [6, 6.07) is 5.77. The summed E-state index contributed by atoms with van der Waals surface area (Å²) in [6.07, 6.45) is 2.30. The molecule has 9 heteroatoms. The molecule has 1 aromatic carbocycles. The molecule has 1 aliphatic carbocycles. The van der Waals surface area contributed by atoms with Crippen LogP contribution < -0.4 is 5.32 Å². The maximum atomic E-state index is 12.4. The predicted octanol–water partition coefficient (Wildman–Crippen LogP) is 3.20. The lowest BCUT2D eigenvalue weighted by atomic mass is 10.3. The first kappa shape index (κ1) is 17.4. The number of non-ortho nitro benzene ring substituents is 1. The first-order valence-electron chi connectivity index (χ1n) is 8.14. The maximum absolute atomic E-state index is 12.4. The van der Waals surface area contributed by atoms with E-state index in [0.717, 1.165) is 30.4 Å². The number of thioether (sulfide) groups is 1. The number of hydrogen-bond acceptors (Lipinski definition) is 6. The Morgan fingerprint density at radius 1 is 1.40 bits per heavy atom. The van der Waals surface area contributed by atoms with Gasteiger partial charge in [0.2, 0.25) is 5.91 Å². The van der Waals surface area contributed by atoms with E-state index in [0.29, 0.717) is 11.6 Å². The van der Waals surface area contributed by atoms with Crippen LogP contribution in [-0.2, 0) is 11.3 Å². The fourth-order valence-electron chi connectivity index (χ4n) is 2.45. The first-order valence-corrected chi connectivity index (χ1v) is 9.02. The molecular formula is C16H19N5O3S. The molecule has 0 saturated heterocycles. The number of nitrogens with one attached hydrogen (secondary N) is 1. The lowest BCUT2D eigenvalue weighted by molar-refractivity contribution is -0.384. The van der Waals surface area contributed by atoms with Crippen molar-refractivity contribution in [2.45, 2.75) is 49.6 Å². The molecule has 2 aromatic rings. The Morgan fingerprint density at radius 2 is 2.08 bits per heavy atom. The zero-order valence-electron chi connectivity index (χ0n) is 14.0. The summed E-state index contributed by atoms with van der Waals surface area (Å²) in [7, 11) is 0. The van der Waals surface area contributed by atoms with Gasteiger partial charge in [0.05, 0.1) is 10.2 Å². The molecule has 1 N–H and O–H groups in total. The molecule has 25 heavy (non-hydrogen) atoms. The van der Waals surface area contributed by atoms with Crippen LogP contribution in [-0.4, -0.2) is 30.8 Å². The van der Waals surface area contributed by atoms with Crippen molar-refractivity contribution in [2.75, 3.05) is 5.32 Å². The number of nitrogens with zero attached hydrogens (tertiary/aromatic N) is 4. The molecule has 1 aromatic heterocycles. The number of anilines is 1. The largest absolute Gasteiger partial charge is 0.325 e. The predicted molar refractivity (Wildman–Crippen MR) is 94.7 cm³/mol. The Hall–Kier alpha value is -2.42. The number of amides is 1. The second-order valence-electron chi connectivity index (χ2n) is 5.91. The van der Waals surface area contributed by atoms with Crippen LogP contribution in [0.1, 0.15) is 38.4 Å². The molecule has 0 bridgehead atoms. The fourth-order valence-corrected chi connectivity index (χ4v) is 3.37. The third kappa shape index (κ3) is 3.98. The monoisotopic (exact) mass is 361 g/mol. The molecule has 1 fully saturated rings. The van der Waals surface area contributed by atoms with Crippen LogP contribution in [0, 0.1) is 10.1 Å². The van der Waals surface area contributed by atoms with Gasteiger partial charge in [-0.05, 0) is 38.8 Å². The van der Waals surface area contributed by atoms with Crippen LogP contribution in [0.4, 0.5) is 11.4 Å². The molecule has 0 radical (unpaired) electrons. The molecule has 8 nitrogen and oxygen atoms in total. The zero-order valence-corrected chi connectivity index (χ0v) is 14.8. The number of nitro benzene ring substituents is 1. The molecule has 132 valence electrons. The summed E-state index contributed by atoms with van der Waals surface area (Å²) < 4.78 is 2.07. The first-order chi connectivity index (χ1) is 12.0. The van der Waals surface area contributed by atoms with Gasteiger partial charge in [-0.2, -0.15) is 0 Å². The Bertz CT molecular complexity index is 786. The number of carbonyl (C=O) groups is 1. The number of nitro groups is 1. The van der Waals surface area contributed by atoms with Crippen molar-refractivity contribution >= 4 is 29.0 Å². The van der Waals surface area contributed by atoms with Gasteiger partial charge >= 0.3 is 0 Å². The molecular weight excluding hydrogens is 342 g/mol. The van der Waals surface area contributed by atoms with Crippen LogP contribution in [0.15, 0.2) is 29.4 Å². The Balaban J connectivity index is 1.63. The minimum absolute atomic E-state index is 0.0101. The van der Waals surface area contributed by atoms with Gasteiger partial charge < -0.3 is 9.88 Å². The standard InChI is InChI=1S/C16H19N5O3S/c1-3-20-14(11-4-5-11)18-19-16(20)25-10(2)15(22)17-12-6-8-13(9-7-12)21(23)24/h6-11H,3-5H2,1-2H3,(H,17,22). The highest BCUT2D eigenvalue weighted by atomic mass is 32.2. The quantitative estimate of drug-likeness (QED) is 0.461. The minimum atomic E-state index is -0.473. The van der Waals surface area contributed by atoms with Crippen molar-refractivity contribution in [3.05, 3.63) is 40.2 Å². The normalized spacial score (nSPS) is 15.0. The lowest BCUT2D eigenvalue weighted by Crippen LogP contribution is -2.23. The SMILES string of the molecule is CCn1c(SC(C)C(=O)Nc2ccc([N+](=O)[O-])cc2)nnc1C1CC1. The van der Waals surface area contributed by atoms with Gasteiger partial charge in [-0.1, -0.05) is 11.8 Å². The van der Waals surface area contributed by atoms with Crippen molar-refractivity contribution in [2.24, 2.45) is 0 Å². The average molecular weight is 361 g/mol. The highest BCUT2D eigenvalue weighted by Gasteiger charge is 2.30. The van der Waals surface area contributed by atoms with Crippen LogP contribution in [0.3, 0.4) is 0 Å². The van der Waals surface area contributed by atoms with E-state index in [1.165, 1.54) is 36.0 Å². The summed E-state index contributed by atoms with van der Waals surface area (Å²) in [5.74, 6) is 1.33. The van der Waals surface area contributed by atoms with E-state index in [-0.39, 0.29) is 16.8 Å². The summed E-state index contributed by atoms with van der Waals surface area (Å²) in [5.41, 5.74) is 0.516. The van der Waals surface area contributed by atoms with Crippen LogP contribution >= 0.6 is 11.8 Å². The van der Waals surface area contributed by atoms with E-state index in [9.17, 15) is 14.9 Å². The van der Waals surface area contributed by atoms with Gasteiger partial charge in [-0.15, -0.1) is 10.2 Å². The number of aromatic nitrogens is 3. The van der Waals surface area contributed by atoms with Gasteiger partial charge in [0, 0.05) is 30.3 Å². The van der Waals surface area contributed by atoms with E-state index < -0.39 is 4.92 Å². The van der Waals surface area contributed by atoms with E-state index in [1.807, 2.05) is 6.92 Å². The fraction of sp³-hybridized carbons (Fsp3) is 0.438. The molecule has 1 heterocycles. The second-order valence-corrected chi connectivity index (χ2v) is 7.22. The van der Waals surface area contributed by atoms with Crippen molar-refractivity contribution in [1.29, 1.82) is 0 Å². The van der Waals surface area contributed by atoms with Crippen LogP contribution in [0.2, 0.25) is 0 Å². The van der Waals surface area contributed by atoms with Gasteiger partial charge in [0.15, 0.2) is 5.16 Å². The molecule has 1 unspecified atom stereocenters. The number of rotatable bonds is 7. The minimum Gasteiger partial charge on any atom is -0.325 e. The summed E-state index contributed by atoms with van der Waals surface area (Å²) in [5, 5.41) is 22.3. The highest BCUT2D eigenvalue weighted by molar-refractivity contribution is 8.00. The van der Waals surface area contributed by atoms with E-state index >= 15 is 0 Å². The van der Waals surface area contributed by atoms with Crippen molar-refractivity contribution < 1.29 is 9.72 Å². The summed E-state index contributed by atoms with van der Waals surface area (Å²) in [6.45, 7) is 4.62. The average Bonchev–Trinajstić information content (AvgIpc) is 3.36. The molecule has 1 amide bonds. The molecule has 0 aliphatic heterocycles. The molecule has 1 saturated carbocycles. The van der Waals surface area contributed by atoms with Gasteiger partial charge in [0.25, 0.3) is 5.69 Å². The van der Waals surface area contributed by atoms with Crippen molar-refractivity contribution in [3.8, 4) is 0 Å². The second kappa shape index (κ2) is 7.22. The van der Waals surface area contributed by atoms with Gasteiger partial charge in [-0.25, -0.2) is 0 Å². The lowest BCUT2D eigenvalue weighted by Gasteiger charge is -2.12. The molecule has 0 spiro atoms. The summed E-state index contributed by atoms with van der Waals surface area (Å²) in [4.78, 5) is 22.6. The topological polar surface area (TPSA) is 103 Å². The van der Waals surface area contributed by atoms with Crippen molar-refractivity contribution in [3.63, 3.8) is 0 Å². The highest BCUT2D eigenvalue weighted by Crippen LogP contribution is 2.40. The van der Waals surface area contributed by atoms with Crippen LogP contribution in [0.25, 0.3) is 0 Å². The van der Waals surface area contributed by atoms with E-state index in [2.05, 4.69) is 20.1 Å². The maximum Gasteiger partial charge on any atom is 0.269 e. The summed E-state index contributed by atoms with van der Waals surface area (Å²) >= 11 is 1.37. The number of hydrogen-bond donors (Lipinski definition) is 1. The zero-order chi connectivity index (χ0) is 18.0. The van der Waals surface area contributed by atoms with Crippen LogP contribution in [0.5, 0.6) is 0 Å². The Kier molecular flexibility index (Phi) is 5.03. The Morgan fingerprint density at radius 3 is 2.64 bits per heavy atom. The number of carbonyl (C=O) groups excluding carboxylic acids is 1. The number of benzene rings is 1. The molecule has 1 aliphatic rings. The van der Waals surface area contributed by atoms with Crippen molar-refractivity contribution in [1.82, 2.24) is 14.8 Å². The van der Waals surface area contributed by atoms with Gasteiger partial charge in [0.1, 0.15) is 5.82 Å². The molecule has 3 rings (SSSR count). The van der Waals surface area contributed by atoms with E-state index in [1.54, 1.807) is 6.92 Å². The smallest absolute Gasteiger partial charge is 0.269 e. The van der Waals surface area contributed by atoms with Gasteiger partial charge in [-0.3, -0.25) is 14.9 Å². The van der Waals surface area contributed by atoms with E-state index in [4.69, 9.17) is 0 Å². The third-order valence-corrected chi connectivity index (χ3v) is 5.08.